The fraction of sp³-hybridized carbons (Fsp3) is 0.235. The van der Waals surface area contributed by atoms with Gasteiger partial charge in [-0.15, -0.1) is 0 Å². The van der Waals surface area contributed by atoms with Gasteiger partial charge in [-0.1, -0.05) is 48.0 Å². The molecule has 1 unspecified atom stereocenters. The summed E-state index contributed by atoms with van der Waals surface area (Å²) < 4.78 is 5.32. The fourth-order valence-electron chi connectivity index (χ4n) is 2.32. The molecular weight excluding hydrogens is 252 g/mol. The van der Waals surface area contributed by atoms with Gasteiger partial charge in [0.25, 0.3) is 0 Å². The zero-order valence-corrected chi connectivity index (χ0v) is 11.7. The lowest BCUT2D eigenvalue weighted by Crippen LogP contribution is -2.15. The van der Waals surface area contributed by atoms with Gasteiger partial charge in [0, 0.05) is 0 Å². The summed E-state index contributed by atoms with van der Waals surface area (Å²) in [7, 11) is 1.60. The molecule has 0 radical (unpaired) electrons. The Morgan fingerprint density at radius 3 is 2.50 bits per heavy atom. The lowest BCUT2D eigenvalue weighted by Gasteiger charge is -2.15. The molecule has 0 aromatic heterocycles. The molecule has 2 aromatic rings. The Morgan fingerprint density at radius 2 is 1.90 bits per heavy atom. The first-order chi connectivity index (χ1) is 9.61. The van der Waals surface area contributed by atoms with Crippen molar-refractivity contribution in [3.05, 3.63) is 65.2 Å². The molecule has 3 heteroatoms. The molecule has 0 aliphatic carbocycles. The van der Waals surface area contributed by atoms with E-state index in [0.717, 1.165) is 22.4 Å². The van der Waals surface area contributed by atoms with Crippen molar-refractivity contribution >= 4 is 5.97 Å². The predicted octanol–water partition coefficient (Wildman–Crippen LogP) is 3.41. The van der Waals surface area contributed by atoms with Gasteiger partial charge in [-0.3, -0.25) is 4.79 Å². The molecule has 1 N–H and O–H groups in total. The van der Waals surface area contributed by atoms with E-state index in [0.29, 0.717) is 6.42 Å². The Labute approximate surface area is 118 Å². The summed E-state index contributed by atoms with van der Waals surface area (Å²) in [6.45, 7) is 1.99. The van der Waals surface area contributed by atoms with Crippen LogP contribution in [0, 0.1) is 6.92 Å². The summed E-state index contributed by atoms with van der Waals surface area (Å²) in [4.78, 5) is 11.5. The Kier molecular flexibility index (Phi) is 4.41. The molecular formula is C17H18O3. The summed E-state index contributed by atoms with van der Waals surface area (Å²) in [5.41, 5.74) is 2.82. The number of carbonyl (C=O) groups is 1. The number of carboxylic acids is 1. The number of hydrogen-bond donors (Lipinski definition) is 1. The number of aryl methyl sites for hydroxylation is 1. The van der Waals surface area contributed by atoms with E-state index in [9.17, 15) is 9.90 Å². The van der Waals surface area contributed by atoms with Crippen LogP contribution in [0.25, 0.3) is 0 Å². The Morgan fingerprint density at radius 1 is 1.20 bits per heavy atom. The van der Waals surface area contributed by atoms with Crippen LogP contribution in [0.5, 0.6) is 5.75 Å². The van der Waals surface area contributed by atoms with Gasteiger partial charge in [0.2, 0.25) is 0 Å². The summed E-state index contributed by atoms with van der Waals surface area (Å²) in [5.74, 6) is -0.649. The third-order valence-electron chi connectivity index (χ3n) is 3.36. The van der Waals surface area contributed by atoms with Gasteiger partial charge in [-0.2, -0.15) is 0 Å². The van der Waals surface area contributed by atoms with Gasteiger partial charge >= 0.3 is 5.97 Å². The zero-order chi connectivity index (χ0) is 14.5. The second kappa shape index (κ2) is 6.24. The number of aliphatic carboxylic acids is 1. The maximum atomic E-state index is 11.5. The molecule has 1 atom stereocenters. The van der Waals surface area contributed by atoms with Gasteiger partial charge in [0.05, 0.1) is 13.0 Å². The van der Waals surface area contributed by atoms with E-state index in [4.69, 9.17) is 4.74 Å². The van der Waals surface area contributed by atoms with Gasteiger partial charge in [-0.25, -0.2) is 0 Å². The standard InChI is InChI=1S/C17H18O3/c1-12-8-9-16(20-2)14(10-12)11-15(17(18)19)13-6-4-3-5-7-13/h3-10,15H,11H2,1-2H3,(H,18,19). The molecule has 0 heterocycles. The number of rotatable bonds is 5. The van der Waals surface area contributed by atoms with E-state index in [-0.39, 0.29) is 0 Å². The summed E-state index contributed by atoms with van der Waals surface area (Å²) in [6, 6.07) is 15.1. The van der Waals surface area contributed by atoms with Crippen molar-refractivity contribution < 1.29 is 14.6 Å². The van der Waals surface area contributed by atoms with Crippen molar-refractivity contribution in [2.24, 2.45) is 0 Å². The van der Waals surface area contributed by atoms with Crippen LogP contribution < -0.4 is 4.74 Å². The van der Waals surface area contributed by atoms with Gasteiger partial charge in [0.15, 0.2) is 0 Å². The van der Waals surface area contributed by atoms with Gasteiger partial charge in [0.1, 0.15) is 5.75 Å². The monoisotopic (exact) mass is 270 g/mol. The van der Waals surface area contributed by atoms with Crippen molar-refractivity contribution in [2.45, 2.75) is 19.3 Å². The van der Waals surface area contributed by atoms with E-state index in [1.807, 2.05) is 55.5 Å². The molecule has 20 heavy (non-hydrogen) atoms. The molecule has 104 valence electrons. The molecule has 0 amide bonds. The molecule has 0 aliphatic heterocycles. The zero-order valence-electron chi connectivity index (χ0n) is 11.7. The molecule has 3 nitrogen and oxygen atoms in total. The topological polar surface area (TPSA) is 46.5 Å². The lowest BCUT2D eigenvalue weighted by atomic mass is 9.91. The van der Waals surface area contributed by atoms with E-state index >= 15 is 0 Å². The first kappa shape index (κ1) is 14.1. The summed E-state index contributed by atoms with van der Waals surface area (Å²) in [6.07, 6.45) is 0.421. The average Bonchev–Trinajstić information content (AvgIpc) is 2.45. The highest BCUT2D eigenvalue weighted by atomic mass is 16.5. The minimum absolute atomic E-state index is 0.421. The first-order valence-corrected chi connectivity index (χ1v) is 6.53. The molecule has 0 fully saturated rings. The lowest BCUT2D eigenvalue weighted by molar-refractivity contribution is -0.138. The van der Waals surface area contributed by atoms with E-state index in [2.05, 4.69) is 0 Å². The molecule has 0 spiro atoms. The van der Waals surface area contributed by atoms with Gasteiger partial charge < -0.3 is 9.84 Å². The van der Waals surface area contributed by atoms with E-state index in [1.54, 1.807) is 7.11 Å². The highest BCUT2D eigenvalue weighted by molar-refractivity contribution is 5.76. The van der Waals surface area contributed by atoms with Crippen molar-refractivity contribution in [3.63, 3.8) is 0 Å². The van der Waals surface area contributed by atoms with Crippen molar-refractivity contribution in [2.75, 3.05) is 7.11 Å². The van der Waals surface area contributed by atoms with Crippen LogP contribution in [0.1, 0.15) is 22.6 Å². The first-order valence-electron chi connectivity index (χ1n) is 6.53. The fourth-order valence-corrected chi connectivity index (χ4v) is 2.32. The summed E-state index contributed by atoms with van der Waals surface area (Å²) in [5, 5.41) is 9.48. The smallest absolute Gasteiger partial charge is 0.311 e. The van der Waals surface area contributed by atoms with Crippen molar-refractivity contribution in [1.82, 2.24) is 0 Å². The minimum Gasteiger partial charge on any atom is -0.496 e. The quantitative estimate of drug-likeness (QED) is 0.905. The van der Waals surface area contributed by atoms with Crippen LogP contribution in [0.3, 0.4) is 0 Å². The third-order valence-corrected chi connectivity index (χ3v) is 3.36. The van der Waals surface area contributed by atoms with Crippen LogP contribution in [0.15, 0.2) is 48.5 Å². The van der Waals surface area contributed by atoms with E-state index < -0.39 is 11.9 Å². The number of methoxy groups -OCH3 is 1. The average molecular weight is 270 g/mol. The second-order valence-electron chi connectivity index (χ2n) is 4.82. The number of carboxylic acid groups (broad SMARTS) is 1. The van der Waals surface area contributed by atoms with Crippen LogP contribution in [-0.4, -0.2) is 18.2 Å². The summed E-state index contributed by atoms with van der Waals surface area (Å²) >= 11 is 0. The Bertz CT molecular complexity index is 590. The van der Waals surface area contributed by atoms with Crippen LogP contribution in [-0.2, 0) is 11.2 Å². The largest absolute Gasteiger partial charge is 0.496 e. The Balaban J connectivity index is 2.34. The second-order valence-corrected chi connectivity index (χ2v) is 4.82. The molecule has 0 bridgehead atoms. The highest BCUT2D eigenvalue weighted by Gasteiger charge is 2.21. The molecule has 0 aliphatic rings. The maximum absolute atomic E-state index is 11.5. The number of benzene rings is 2. The minimum atomic E-state index is -0.820. The van der Waals surface area contributed by atoms with Crippen molar-refractivity contribution in [1.29, 1.82) is 0 Å². The van der Waals surface area contributed by atoms with Crippen molar-refractivity contribution in [3.8, 4) is 5.75 Å². The maximum Gasteiger partial charge on any atom is 0.311 e. The molecule has 0 saturated heterocycles. The highest BCUT2D eigenvalue weighted by Crippen LogP contribution is 2.27. The normalized spacial score (nSPS) is 11.9. The third kappa shape index (κ3) is 3.18. The van der Waals surface area contributed by atoms with Crippen LogP contribution in [0.4, 0.5) is 0 Å². The Hall–Kier alpha value is -2.29. The number of hydrogen-bond acceptors (Lipinski definition) is 2. The molecule has 0 saturated carbocycles. The van der Waals surface area contributed by atoms with Gasteiger partial charge in [-0.05, 0) is 30.5 Å². The number of ether oxygens (including phenoxy) is 1. The van der Waals surface area contributed by atoms with Crippen LogP contribution >= 0.6 is 0 Å². The van der Waals surface area contributed by atoms with Crippen LogP contribution in [0.2, 0.25) is 0 Å². The SMILES string of the molecule is COc1ccc(C)cc1CC(C(=O)O)c1ccccc1. The predicted molar refractivity (Wildman–Crippen MR) is 78.3 cm³/mol. The molecule has 2 rings (SSSR count). The van der Waals surface area contributed by atoms with E-state index in [1.165, 1.54) is 0 Å². The molecule has 2 aromatic carbocycles.